The molecule has 0 amide bonds. The lowest BCUT2D eigenvalue weighted by Crippen LogP contribution is -2.08. The Hall–Kier alpha value is -2.18. The second-order valence-corrected chi connectivity index (χ2v) is 8.17. The highest BCUT2D eigenvalue weighted by Gasteiger charge is 2.16. The Kier molecular flexibility index (Phi) is 5.98. The van der Waals surface area contributed by atoms with E-state index in [9.17, 15) is 0 Å². The van der Waals surface area contributed by atoms with Crippen LogP contribution in [-0.4, -0.2) is 11.5 Å². The highest BCUT2D eigenvalue weighted by atomic mass is 14.9. The van der Waals surface area contributed by atoms with E-state index in [0.29, 0.717) is 11.8 Å². The molecule has 0 heterocycles. The first-order valence-corrected chi connectivity index (χ1v) is 9.10. The van der Waals surface area contributed by atoms with Crippen LogP contribution in [-0.2, 0) is 0 Å². The Morgan fingerprint density at radius 2 is 1.32 bits per heavy atom. The summed E-state index contributed by atoms with van der Waals surface area (Å²) in [5.41, 5.74) is 5.86. The van der Waals surface area contributed by atoms with Gasteiger partial charge in [-0.1, -0.05) is 58.0 Å². The quantitative estimate of drug-likeness (QED) is 0.528. The van der Waals surface area contributed by atoms with Gasteiger partial charge in [0.25, 0.3) is 0 Å². The molecule has 0 aliphatic heterocycles. The summed E-state index contributed by atoms with van der Waals surface area (Å²) in [6, 6.07) is 18.0. The SMILES string of the molecule is CC(C)c1cc(-c2ccccc2)cc(C(C)C)c1N=C=NC(C)(C)C. The van der Waals surface area contributed by atoms with E-state index in [2.05, 4.69) is 107 Å². The highest BCUT2D eigenvalue weighted by molar-refractivity contribution is 5.72. The number of hydrogen-bond acceptors (Lipinski definition) is 2. The molecule has 0 unspecified atom stereocenters. The molecular formula is C23H30N2. The van der Waals surface area contributed by atoms with Crippen molar-refractivity contribution in [3.05, 3.63) is 53.6 Å². The molecular weight excluding hydrogens is 304 g/mol. The zero-order valence-electron chi connectivity index (χ0n) is 16.6. The summed E-state index contributed by atoms with van der Waals surface area (Å²) in [7, 11) is 0. The zero-order valence-corrected chi connectivity index (χ0v) is 16.6. The van der Waals surface area contributed by atoms with Gasteiger partial charge in [0, 0.05) is 0 Å². The summed E-state index contributed by atoms with van der Waals surface area (Å²) >= 11 is 0. The summed E-state index contributed by atoms with van der Waals surface area (Å²) in [6.07, 6.45) is 0. The van der Waals surface area contributed by atoms with Crippen molar-refractivity contribution in [3.63, 3.8) is 0 Å². The molecule has 2 aromatic carbocycles. The molecule has 2 heteroatoms. The first kappa shape index (κ1) is 19.1. The monoisotopic (exact) mass is 334 g/mol. The number of nitrogens with zero attached hydrogens (tertiary/aromatic N) is 2. The Bertz CT molecular complexity index is 742. The third kappa shape index (κ3) is 5.14. The van der Waals surface area contributed by atoms with Gasteiger partial charge in [0.2, 0.25) is 0 Å². The van der Waals surface area contributed by atoms with E-state index in [1.807, 2.05) is 0 Å². The van der Waals surface area contributed by atoms with E-state index in [1.54, 1.807) is 0 Å². The predicted molar refractivity (Wildman–Crippen MR) is 109 cm³/mol. The number of aliphatic imine (C=N–C) groups is 2. The van der Waals surface area contributed by atoms with Crippen LogP contribution >= 0.6 is 0 Å². The summed E-state index contributed by atoms with van der Waals surface area (Å²) in [5.74, 6) is 0.771. The fourth-order valence-corrected chi connectivity index (χ4v) is 2.71. The minimum Gasteiger partial charge on any atom is -0.219 e. The number of rotatable bonds is 4. The Morgan fingerprint density at radius 3 is 1.76 bits per heavy atom. The fraction of sp³-hybridized carbons (Fsp3) is 0.435. The van der Waals surface area contributed by atoms with Crippen LogP contribution in [0.4, 0.5) is 5.69 Å². The smallest absolute Gasteiger partial charge is 0.0954 e. The second kappa shape index (κ2) is 7.80. The maximum absolute atomic E-state index is 4.65. The van der Waals surface area contributed by atoms with Gasteiger partial charge in [-0.25, -0.2) is 4.99 Å². The zero-order chi connectivity index (χ0) is 18.6. The third-order valence-electron chi connectivity index (χ3n) is 4.07. The molecule has 0 spiro atoms. The molecule has 2 aromatic rings. The van der Waals surface area contributed by atoms with E-state index in [-0.39, 0.29) is 5.54 Å². The van der Waals surface area contributed by atoms with Gasteiger partial charge in [-0.05, 0) is 67.0 Å². The van der Waals surface area contributed by atoms with Gasteiger partial charge < -0.3 is 0 Å². The average Bonchev–Trinajstić information content (AvgIpc) is 2.54. The molecule has 132 valence electrons. The molecule has 0 saturated heterocycles. The summed E-state index contributed by atoms with van der Waals surface area (Å²) in [5, 5.41) is 0. The Balaban J connectivity index is 2.68. The van der Waals surface area contributed by atoms with Crippen LogP contribution in [0.2, 0.25) is 0 Å². The highest BCUT2D eigenvalue weighted by Crippen LogP contribution is 2.38. The summed E-state index contributed by atoms with van der Waals surface area (Å²) in [4.78, 5) is 9.07. The van der Waals surface area contributed by atoms with Crippen LogP contribution in [0.15, 0.2) is 52.4 Å². The van der Waals surface area contributed by atoms with Gasteiger partial charge in [-0.15, -0.1) is 0 Å². The lowest BCUT2D eigenvalue weighted by atomic mass is 9.88. The number of benzene rings is 2. The van der Waals surface area contributed by atoms with Gasteiger partial charge in [-0.2, -0.15) is 4.99 Å². The molecule has 2 rings (SSSR count). The lowest BCUT2D eigenvalue weighted by molar-refractivity contribution is 0.587. The van der Waals surface area contributed by atoms with E-state index in [0.717, 1.165) is 5.69 Å². The van der Waals surface area contributed by atoms with Gasteiger partial charge >= 0.3 is 0 Å². The first-order chi connectivity index (χ1) is 11.7. The van der Waals surface area contributed by atoms with Crippen LogP contribution in [0.5, 0.6) is 0 Å². The molecule has 0 saturated carbocycles. The minimum absolute atomic E-state index is 0.163. The van der Waals surface area contributed by atoms with Crippen molar-refractivity contribution in [1.82, 2.24) is 0 Å². The second-order valence-electron chi connectivity index (χ2n) is 8.17. The topological polar surface area (TPSA) is 24.7 Å². The minimum atomic E-state index is -0.163. The van der Waals surface area contributed by atoms with Crippen molar-refractivity contribution >= 4 is 11.7 Å². The average molecular weight is 335 g/mol. The maximum atomic E-state index is 4.65. The van der Waals surface area contributed by atoms with Crippen molar-refractivity contribution in [2.75, 3.05) is 0 Å². The van der Waals surface area contributed by atoms with Crippen molar-refractivity contribution in [2.24, 2.45) is 9.98 Å². The molecule has 0 aromatic heterocycles. The van der Waals surface area contributed by atoms with Crippen molar-refractivity contribution in [2.45, 2.75) is 65.8 Å². The summed E-state index contributed by atoms with van der Waals surface area (Å²) < 4.78 is 0. The lowest BCUT2D eigenvalue weighted by Gasteiger charge is -2.18. The number of hydrogen-bond donors (Lipinski definition) is 0. The van der Waals surface area contributed by atoms with Gasteiger partial charge in [-0.3, -0.25) is 0 Å². The molecule has 0 fully saturated rings. The van der Waals surface area contributed by atoms with Crippen LogP contribution < -0.4 is 0 Å². The van der Waals surface area contributed by atoms with Crippen LogP contribution in [0.25, 0.3) is 11.1 Å². The normalized spacial score (nSPS) is 11.6. The van der Waals surface area contributed by atoms with Crippen LogP contribution in [0.1, 0.15) is 71.4 Å². The van der Waals surface area contributed by atoms with Crippen molar-refractivity contribution in [3.8, 4) is 11.1 Å². The molecule has 0 atom stereocenters. The molecule has 0 aliphatic carbocycles. The first-order valence-electron chi connectivity index (χ1n) is 9.10. The molecule has 0 aliphatic rings. The Labute approximate surface area is 152 Å². The molecule has 2 nitrogen and oxygen atoms in total. The van der Waals surface area contributed by atoms with E-state index in [4.69, 9.17) is 0 Å². The van der Waals surface area contributed by atoms with Crippen molar-refractivity contribution < 1.29 is 0 Å². The Morgan fingerprint density at radius 1 is 0.800 bits per heavy atom. The van der Waals surface area contributed by atoms with Gasteiger partial charge in [0.05, 0.1) is 17.2 Å². The standard InChI is InChI=1S/C23H30N2/c1-16(2)20-13-19(18-11-9-8-10-12-18)14-21(17(3)4)22(20)24-15-25-23(5,6)7/h8-14,16-17H,1-7H3. The van der Waals surface area contributed by atoms with E-state index >= 15 is 0 Å². The third-order valence-corrected chi connectivity index (χ3v) is 4.07. The van der Waals surface area contributed by atoms with Crippen LogP contribution in [0, 0.1) is 0 Å². The molecule has 0 bridgehead atoms. The summed E-state index contributed by atoms with van der Waals surface area (Å²) in [6.45, 7) is 15.0. The fourth-order valence-electron chi connectivity index (χ4n) is 2.71. The van der Waals surface area contributed by atoms with Crippen molar-refractivity contribution in [1.29, 1.82) is 0 Å². The van der Waals surface area contributed by atoms with Crippen LogP contribution in [0.3, 0.4) is 0 Å². The maximum Gasteiger partial charge on any atom is 0.0954 e. The molecule has 0 N–H and O–H groups in total. The van der Waals surface area contributed by atoms with E-state index in [1.165, 1.54) is 22.3 Å². The van der Waals surface area contributed by atoms with Gasteiger partial charge in [0.1, 0.15) is 0 Å². The molecule has 0 radical (unpaired) electrons. The predicted octanol–water partition coefficient (Wildman–Crippen LogP) is 7.20. The van der Waals surface area contributed by atoms with Gasteiger partial charge in [0.15, 0.2) is 0 Å². The largest absolute Gasteiger partial charge is 0.219 e. The molecule has 25 heavy (non-hydrogen) atoms. The van der Waals surface area contributed by atoms with E-state index < -0.39 is 0 Å².